The topological polar surface area (TPSA) is 9.72 Å². The van der Waals surface area contributed by atoms with Crippen LogP contribution in [0.2, 0.25) is 0 Å². The molecule has 0 unspecified atom stereocenters. The Bertz CT molecular complexity index is 5020. The molecule has 3 nitrogen and oxygen atoms in total. The number of para-hydroxylation sites is 2. The van der Waals surface area contributed by atoms with E-state index in [1.165, 1.54) is 21.9 Å². The molecule has 9 aromatic rings. The maximum atomic E-state index is 11.1. The van der Waals surface area contributed by atoms with Crippen LogP contribution in [0.5, 0.6) is 0 Å². The molecule has 0 saturated carbocycles. The first-order chi connectivity index (χ1) is 45.6. The van der Waals surface area contributed by atoms with Crippen molar-refractivity contribution < 1.29 is 38.4 Å². The summed E-state index contributed by atoms with van der Waals surface area (Å²) in [5.74, 6) is 0. The summed E-state index contributed by atoms with van der Waals surface area (Å²) in [5, 5.41) is -0.253. The first-order valence-electron chi connectivity index (χ1n) is 37.4. The van der Waals surface area contributed by atoms with E-state index >= 15 is 0 Å². The molecule has 0 saturated heterocycles. The molecular formula is C66H64BN3S. The van der Waals surface area contributed by atoms with E-state index in [-0.39, 0.29) is 71.7 Å². The predicted octanol–water partition coefficient (Wildman–Crippen LogP) is 17.1. The van der Waals surface area contributed by atoms with Gasteiger partial charge in [0, 0.05) is 54.6 Å². The Labute approximate surface area is 465 Å². The van der Waals surface area contributed by atoms with Crippen LogP contribution in [0.15, 0.2) is 181 Å². The van der Waals surface area contributed by atoms with E-state index in [0.717, 1.165) is 16.2 Å². The van der Waals surface area contributed by atoms with Gasteiger partial charge >= 0.3 is 0 Å². The van der Waals surface area contributed by atoms with Crippen molar-refractivity contribution in [2.45, 2.75) is 104 Å². The van der Waals surface area contributed by atoms with Crippen LogP contribution >= 0.6 is 11.3 Å². The van der Waals surface area contributed by atoms with E-state index in [4.69, 9.17) is 13.7 Å². The van der Waals surface area contributed by atoms with Crippen LogP contribution < -0.4 is 30.4 Å². The first kappa shape index (κ1) is 24.1. The number of fused-ring (bicyclic) bond motifs is 7. The quantitative estimate of drug-likeness (QED) is 0.154. The molecule has 2 aliphatic heterocycles. The summed E-state index contributed by atoms with van der Waals surface area (Å²) in [7, 11) is 0. The smallest absolute Gasteiger partial charge is 0.264 e. The van der Waals surface area contributed by atoms with Gasteiger partial charge in [0.25, 0.3) is 6.71 Å². The van der Waals surface area contributed by atoms with Crippen molar-refractivity contribution in [3.05, 3.63) is 204 Å². The van der Waals surface area contributed by atoms with E-state index in [1.54, 1.807) is 41.5 Å². The predicted molar refractivity (Wildman–Crippen MR) is 309 cm³/mol. The molecule has 71 heavy (non-hydrogen) atoms. The largest absolute Gasteiger partial charge is 0.311 e. The minimum Gasteiger partial charge on any atom is -0.311 e. The van der Waals surface area contributed by atoms with E-state index in [1.807, 2.05) is 27.7 Å². The Kier molecular flexibility index (Phi) is 5.55. The van der Waals surface area contributed by atoms with Crippen LogP contribution in [0.3, 0.4) is 0 Å². The van der Waals surface area contributed by atoms with Gasteiger partial charge in [-0.25, -0.2) is 0 Å². The van der Waals surface area contributed by atoms with Gasteiger partial charge in [-0.15, -0.1) is 11.3 Å². The monoisotopic (exact) mass is 970 g/mol. The average molecular weight is 970 g/mol. The summed E-state index contributed by atoms with van der Waals surface area (Å²) >= 11 is 0.817. The minimum atomic E-state index is -1.56. The summed E-state index contributed by atoms with van der Waals surface area (Å²) in [6, 6.07) is -19.6. The van der Waals surface area contributed by atoms with Crippen molar-refractivity contribution in [1.82, 2.24) is 0 Å². The molecule has 0 amide bonds. The molecule has 0 bridgehead atoms. The number of benzene rings is 8. The lowest BCUT2D eigenvalue weighted by molar-refractivity contribution is 0.332. The number of hydrogen-bond acceptors (Lipinski definition) is 4. The maximum absolute atomic E-state index is 11.1. The Morgan fingerprint density at radius 1 is 0.535 bits per heavy atom. The minimum absolute atomic E-state index is 0.0485. The second kappa shape index (κ2) is 16.4. The Hall–Kier alpha value is -6.82. The molecule has 0 N–H and O–H groups in total. The molecular weight excluding hydrogens is 878 g/mol. The van der Waals surface area contributed by atoms with Gasteiger partial charge in [0.05, 0.1) is 55.4 Å². The fourth-order valence-electron chi connectivity index (χ4n) is 9.91. The summed E-state index contributed by atoms with van der Waals surface area (Å²) in [4.78, 5) is 3.18. The van der Waals surface area contributed by atoms with Crippen molar-refractivity contribution in [2.24, 2.45) is 0 Å². The van der Waals surface area contributed by atoms with Gasteiger partial charge in [0.1, 0.15) is 0 Å². The molecule has 0 radical (unpaired) electrons. The third-order valence-electron chi connectivity index (χ3n) is 13.7. The van der Waals surface area contributed by atoms with Crippen LogP contribution in [-0.4, -0.2) is 6.71 Å². The molecule has 3 aliphatic rings. The first-order valence-corrected chi connectivity index (χ1v) is 24.2. The number of rotatable bonds is 6. The van der Waals surface area contributed by atoms with E-state index < -0.39 is 225 Å². The fraction of sp³-hybridized carbons (Fsp3) is 0.242. The normalized spacial score (nSPS) is 21.0. The zero-order valence-corrected chi connectivity index (χ0v) is 41.7. The second-order valence-electron chi connectivity index (χ2n) is 21.5. The standard InChI is InChI=1S/C66H64BN3S/c1-63(2,3)44-30-33-48(34-31-44)69-57-39-49(68(46-24-16-12-17-25-46)47-26-18-13-19-27-47)40-58-60(57)67(62-61(69)50-28-20-21-29-59(50)71-62)54-41-52-53(66(9,10)37-36-65(52,7)8)42-56(54)70(58)55-35-32-45(64(4,5)6)38-51(55)43-22-14-11-15-23-43/h11-35,38-42H,36-37H2,1-10H3/i11D,12D,13D,14D,15D,16D,17D,18D,19D,20D,21D,22D,23D,24D,25D,26D,27D,28D,29D,30D,31D,32D,33D,34D,35D,38D,41D,42D. The zero-order valence-electron chi connectivity index (χ0n) is 68.9. The molecule has 1 aromatic heterocycles. The van der Waals surface area contributed by atoms with E-state index in [0.29, 0.717) is 24.0 Å². The summed E-state index contributed by atoms with van der Waals surface area (Å²) in [6.07, 6.45) is 0.866. The van der Waals surface area contributed by atoms with Crippen molar-refractivity contribution in [3.63, 3.8) is 0 Å². The highest BCUT2D eigenvalue weighted by molar-refractivity contribution is 7.33. The molecule has 0 spiro atoms. The summed E-state index contributed by atoms with van der Waals surface area (Å²) in [6.45, 7) is 15.9. The van der Waals surface area contributed by atoms with Crippen LogP contribution in [0.4, 0.5) is 51.2 Å². The van der Waals surface area contributed by atoms with Gasteiger partial charge in [-0.3, -0.25) is 0 Å². The molecule has 8 aromatic carbocycles. The van der Waals surface area contributed by atoms with Crippen molar-refractivity contribution in [3.8, 4) is 11.1 Å². The third-order valence-corrected chi connectivity index (χ3v) is 14.9. The number of hydrogen-bond donors (Lipinski definition) is 0. The Balaban J connectivity index is 1.47. The molecule has 0 atom stereocenters. The van der Waals surface area contributed by atoms with E-state index in [9.17, 15) is 24.7 Å². The van der Waals surface area contributed by atoms with Crippen LogP contribution in [-0.2, 0) is 21.7 Å². The van der Waals surface area contributed by atoms with Gasteiger partial charge in [0.15, 0.2) is 0 Å². The second-order valence-corrected chi connectivity index (χ2v) is 22.6. The molecule has 352 valence electrons. The Morgan fingerprint density at radius 2 is 1.07 bits per heavy atom. The van der Waals surface area contributed by atoms with E-state index in [2.05, 4.69) is 0 Å². The van der Waals surface area contributed by atoms with Gasteiger partial charge in [-0.2, -0.15) is 0 Å². The van der Waals surface area contributed by atoms with Crippen molar-refractivity contribution in [1.29, 1.82) is 0 Å². The highest BCUT2D eigenvalue weighted by Gasteiger charge is 2.48. The molecule has 3 heterocycles. The van der Waals surface area contributed by atoms with Gasteiger partial charge in [0.2, 0.25) is 0 Å². The van der Waals surface area contributed by atoms with Gasteiger partial charge in [-0.1, -0.05) is 178 Å². The SMILES string of the molecule is [2H]c1c([2H])c([2H])c(-c2c([2H])c(C(C)(C)C)c([2H])c([2H])c2N2c3cc(N(c4c([2H])c([2H])c([2H])c([2H])c4[2H])c4c([2H])c([2H])c([2H])c([2H])c4[2H])cc4c3B(c3sc5c([2H])c([2H])c([2H])c([2H])c5c3N4c3c([2H])c([2H])c(C(C)(C)C)c([2H])c3[2H])c3c([2H])c4c(c([2H])c32)C(C)(C)CCC4(C)C)c([2H])c1[2H]. The molecule has 12 rings (SSSR count). The summed E-state index contributed by atoms with van der Waals surface area (Å²) in [5.41, 5.74) is -9.95. The lowest BCUT2D eigenvalue weighted by atomic mass is 9.35. The lowest BCUT2D eigenvalue weighted by Crippen LogP contribution is -2.61. The lowest BCUT2D eigenvalue weighted by Gasteiger charge is -2.47. The van der Waals surface area contributed by atoms with Gasteiger partial charge in [-0.05, 0) is 146 Å². The molecule has 5 heteroatoms. The van der Waals surface area contributed by atoms with Crippen molar-refractivity contribution in [2.75, 3.05) is 14.7 Å². The average Bonchev–Trinajstić information content (AvgIpc) is 1.66. The molecule has 1 aliphatic carbocycles. The highest BCUT2D eigenvalue weighted by Crippen LogP contribution is 2.54. The Morgan fingerprint density at radius 3 is 1.68 bits per heavy atom. The summed E-state index contributed by atoms with van der Waals surface area (Å²) < 4.78 is 270. The van der Waals surface area contributed by atoms with Crippen LogP contribution in [0.1, 0.15) is 143 Å². The number of anilines is 9. The maximum Gasteiger partial charge on any atom is 0.264 e. The molecule has 0 fully saturated rings. The number of nitrogens with zero attached hydrogens (tertiary/aromatic N) is 3. The van der Waals surface area contributed by atoms with Gasteiger partial charge < -0.3 is 14.7 Å². The zero-order chi connectivity index (χ0) is 73.6. The van der Waals surface area contributed by atoms with Crippen LogP contribution in [0, 0.1) is 0 Å². The van der Waals surface area contributed by atoms with Crippen LogP contribution in [0.25, 0.3) is 21.2 Å². The third kappa shape index (κ3) is 7.45. The highest BCUT2D eigenvalue weighted by atomic mass is 32.1. The number of thiophene rings is 1. The fourth-order valence-corrected chi connectivity index (χ4v) is 11.1. The van der Waals surface area contributed by atoms with Crippen molar-refractivity contribution >= 4 is 95.0 Å².